The van der Waals surface area contributed by atoms with E-state index in [1.807, 2.05) is 0 Å². The number of hydrogen-bond acceptors (Lipinski definition) is 5. The van der Waals surface area contributed by atoms with Crippen molar-refractivity contribution in [2.75, 3.05) is 6.61 Å². The van der Waals surface area contributed by atoms with Gasteiger partial charge in [0, 0.05) is 30.2 Å². The Morgan fingerprint density at radius 2 is 2.00 bits per heavy atom. The van der Waals surface area contributed by atoms with Gasteiger partial charge in [-0.05, 0) is 12.1 Å². The predicted octanol–water partition coefficient (Wildman–Crippen LogP) is 2.07. The molecule has 0 aliphatic heterocycles. The van der Waals surface area contributed by atoms with Gasteiger partial charge >= 0.3 is 0 Å². The molecule has 1 N–H and O–H groups in total. The maximum atomic E-state index is 14.2. The average molecular weight is 349 g/mol. The third-order valence-corrected chi connectivity index (χ3v) is 3.58. The first-order chi connectivity index (χ1) is 12.1. The van der Waals surface area contributed by atoms with E-state index in [9.17, 15) is 18.3 Å². The quantitative estimate of drug-likeness (QED) is 0.737. The van der Waals surface area contributed by atoms with Gasteiger partial charge in [0.15, 0.2) is 5.82 Å². The summed E-state index contributed by atoms with van der Waals surface area (Å²) in [5, 5.41) is 13.1. The number of aliphatic hydroxyl groups is 1. The Balaban J connectivity index is 2.14. The van der Waals surface area contributed by atoms with Gasteiger partial charge in [0.2, 0.25) is 0 Å². The summed E-state index contributed by atoms with van der Waals surface area (Å²) in [6.07, 6.45) is 2.88. The molecule has 9 heteroatoms. The minimum Gasteiger partial charge on any atom is -0.396 e. The van der Waals surface area contributed by atoms with E-state index in [0.717, 1.165) is 6.07 Å². The maximum Gasteiger partial charge on any atom is 0.150 e. The van der Waals surface area contributed by atoms with Crippen LogP contribution in [0.1, 0.15) is 17.1 Å². The lowest BCUT2D eigenvalue weighted by Crippen LogP contribution is -2.12. The van der Waals surface area contributed by atoms with Crippen LogP contribution in [0.3, 0.4) is 0 Å². The van der Waals surface area contributed by atoms with Crippen LogP contribution in [-0.2, 0) is 19.6 Å². The Bertz CT molecular complexity index is 870. The molecule has 0 atom stereocenters. The lowest BCUT2D eigenvalue weighted by Gasteiger charge is -2.14. The Kier molecular flexibility index (Phi) is 5.03. The van der Waals surface area contributed by atoms with Crippen molar-refractivity contribution in [3.05, 3.63) is 59.6 Å². The van der Waals surface area contributed by atoms with E-state index < -0.39 is 18.3 Å². The molecule has 0 unspecified atom stereocenters. The highest BCUT2D eigenvalue weighted by Crippen LogP contribution is 2.28. The van der Waals surface area contributed by atoms with Crippen LogP contribution in [0.5, 0.6) is 0 Å². The number of alkyl halides is 1. The lowest BCUT2D eigenvalue weighted by atomic mass is 10.0. The van der Waals surface area contributed by atoms with Crippen LogP contribution in [0.25, 0.3) is 11.3 Å². The number of hydrogen-bond donors (Lipinski definition) is 1. The van der Waals surface area contributed by atoms with Gasteiger partial charge in [-0.3, -0.25) is 0 Å². The second-order valence-electron chi connectivity index (χ2n) is 5.24. The summed E-state index contributed by atoms with van der Waals surface area (Å²) in [7, 11) is 0. The van der Waals surface area contributed by atoms with Crippen LogP contribution < -0.4 is 0 Å². The van der Waals surface area contributed by atoms with E-state index in [-0.39, 0.29) is 47.9 Å². The van der Waals surface area contributed by atoms with Gasteiger partial charge in [0.25, 0.3) is 0 Å². The summed E-state index contributed by atoms with van der Waals surface area (Å²) in [6.45, 7) is -1.05. The third-order valence-electron chi connectivity index (χ3n) is 3.58. The molecule has 6 nitrogen and oxygen atoms in total. The summed E-state index contributed by atoms with van der Waals surface area (Å²) in [4.78, 5) is 12.3. The third kappa shape index (κ3) is 3.66. The standard InChI is InChI=1S/C16H14F3N5O/c17-6-12-14(3-4-25)22-15(7-24-9-20-8-21-24)23-16(12)11-2-1-10(18)5-13(11)19/h1-2,5,8-9,25H,3-4,6-7H2. The predicted molar refractivity (Wildman–Crippen MR) is 82.1 cm³/mol. The average Bonchev–Trinajstić information content (AvgIpc) is 3.08. The number of rotatable bonds is 6. The SMILES string of the molecule is OCCc1nc(Cn2cncn2)nc(-c2ccc(F)cc2F)c1CF. The first-order valence-electron chi connectivity index (χ1n) is 7.45. The molecule has 0 amide bonds. The zero-order chi connectivity index (χ0) is 17.8. The molecular weight excluding hydrogens is 335 g/mol. The van der Waals surface area contributed by atoms with Crippen LogP contribution in [0.15, 0.2) is 30.9 Å². The summed E-state index contributed by atoms with van der Waals surface area (Å²) in [5.74, 6) is -1.34. The molecule has 0 spiro atoms. The highest BCUT2D eigenvalue weighted by molar-refractivity contribution is 5.64. The normalized spacial score (nSPS) is 11.0. The van der Waals surface area contributed by atoms with Crippen molar-refractivity contribution in [3.63, 3.8) is 0 Å². The van der Waals surface area contributed by atoms with Crippen LogP contribution in [0.4, 0.5) is 13.2 Å². The second kappa shape index (κ2) is 7.39. The van der Waals surface area contributed by atoms with Gasteiger partial charge in [0.1, 0.15) is 37.5 Å². The first kappa shape index (κ1) is 17.0. The van der Waals surface area contributed by atoms with Crippen LogP contribution >= 0.6 is 0 Å². The summed E-state index contributed by atoms with van der Waals surface area (Å²) in [6, 6.07) is 2.99. The van der Waals surface area contributed by atoms with E-state index in [1.54, 1.807) is 0 Å². The number of aromatic nitrogens is 5. The molecule has 0 aliphatic rings. The molecule has 3 aromatic rings. The molecule has 0 bridgehead atoms. The molecule has 0 saturated heterocycles. The molecule has 0 radical (unpaired) electrons. The molecule has 0 aliphatic carbocycles. The number of benzene rings is 1. The zero-order valence-electron chi connectivity index (χ0n) is 13.0. The van der Waals surface area contributed by atoms with Gasteiger partial charge in [0.05, 0.1) is 11.4 Å². The minimum atomic E-state index is -0.939. The van der Waals surface area contributed by atoms with Crippen molar-refractivity contribution in [3.8, 4) is 11.3 Å². The Morgan fingerprint density at radius 3 is 2.64 bits per heavy atom. The highest BCUT2D eigenvalue weighted by atomic mass is 19.1. The van der Waals surface area contributed by atoms with E-state index in [2.05, 4.69) is 20.1 Å². The van der Waals surface area contributed by atoms with Gasteiger partial charge in [-0.15, -0.1) is 0 Å². The van der Waals surface area contributed by atoms with E-state index in [1.165, 1.54) is 23.4 Å². The van der Waals surface area contributed by atoms with Crippen molar-refractivity contribution in [2.45, 2.75) is 19.6 Å². The van der Waals surface area contributed by atoms with Crippen molar-refractivity contribution in [1.29, 1.82) is 0 Å². The van der Waals surface area contributed by atoms with Crippen molar-refractivity contribution >= 4 is 0 Å². The smallest absolute Gasteiger partial charge is 0.150 e. The van der Waals surface area contributed by atoms with E-state index in [0.29, 0.717) is 6.07 Å². The monoisotopic (exact) mass is 349 g/mol. The fraction of sp³-hybridized carbons (Fsp3) is 0.250. The molecule has 0 saturated carbocycles. The Morgan fingerprint density at radius 1 is 1.16 bits per heavy atom. The molecule has 3 rings (SSSR count). The first-order valence-corrected chi connectivity index (χ1v) is 7.45. The lowest BCUT2D eigenvalue weighted by molar-refractivity contribution is 0.297. The molecular formula is C16H14F3N5O. The topological polar surface area (TPSA) is 76.7 Å². The molecule has 1 aromatic carbocycles. The molecule has 130 valence electrons. The number of halogens is 3. The second-order valence-corrected chi connectivity index (χ2v) is 5.24. The zero-order valence-corrected chi connectivity index (χ0v) is 13.0. The Labute approximate surface area is 141 Å². The minimum absolute atomic E-state index is 0.0320. The number of aliphatic hydroxyl groups excluding tert-OH is 1. The maximum absolute atomic E-state index is 14.2. The molecule has 2 heterocycles. The molecule has 0 fully saturated rings. The van der Waals surface area contributed by atoms with Crippen molar-refractivity contribution < 1.29 is 18.3 Å². The van der Waals surface area contributed by atoms with Crippen LogP contribution in [0, 0.1) is 11.6 Å². The fourth-order valence-corrected chi connectivity index (χ4v) is 2.47. The van der Waals surface area contributed by atoms with Gasteiger partial charge in [-0.1, -0.05) is 0 Å². The Hall–Kier alpha value is -2.81. The van der Waals surface area contributed by atoms with Gasteiger partial charge in [-0.25, -0.2) is 32.8 Å². The van der Waals surface area contributed by atoms with E-state index >= 15 is 0 Å². The fourth-order valence-electron chi connectivity index (χ4n) is 2.47. The van der Waals surface area contributed by atoms with Crippen molar-refractivity contribution in [1.82, 2.24) is 24.7 Å². The summed E-state index contributed by atoms with van der Waals surface area (Å²) in [5.41, 5.74) is 0.347. The van der Waals surface area contributed by atoms with Crippen LogP contribution in [0.2, 0.25) is 0 Å². The largest absolute Gasteiger partial charge is 0.396 e. The van der Waals surface area contributed by atoms with Crippen LogP contribution in [-0.4, -0.2) is 36.4 Å². The summed E-state index contributed by atoms with van der Waals surface area (Å²) < 4.78 is 42.4. The highest BCUT2D eigenvalue weighted by Gasteiger charge is 2.19. The molecule has 25 heavy (non-hydrogen) atoms. The summed E-state index contributed by atoms with van der Waals surface area (Å²) >= 11 is 0. The van der Waals surface area contributed by atoms with Gasteiger partial charge < -0.3 is 5.11 Å². The van der Waals surface area contributed by atoms with Crippen molar-refractivity contribution in [2.24, 2.45) is 0 Å². The molecule has 2 aromatic heterocycles. The van der Waals surface area contributed by atoms with Gasteiger partial charge in [-0.2, -0.15) is 5.10 Å². The number of nitrogens with zero attached hydrogens (tertiary/aromatic N) is 5. The van der Waals surface area contributed by atoms with E-state index in [4.69, 9.17) is 0 Å².